The van der Waals surface area contributed by atoms with Gasteiger partial charge in [-0.1, -0.05) is 29.8 Å². The monoisotopic (exact) mass is 366 g/mol. The van der Waals surface area contributed by atoms with Gasteiger partial charge in [-0.3, -0.25) is 0 Å². The van der Waals surface area contributed by atoms with Crippen LogP contribution in [0.2, 0.25) is 5.02 Å². The topological polar surface area (TPSA) is 60.4 Å². The molecular formula is C17H12ClFO4S. The van der Waals surface area contributed by atoms with Crippen LogP contribution in [-0.4, -0.2) is 27.2 Å². The highest BCUT2D eigenvalue weighted by Crippen LogP contribution is 2.34. The third-order valence-corrected chi connectivity index (χ3v) is 5.01. The molecule has 0 radical (unpaired) electrons. The van der Waals surface area contributed by atoms with Crippen LogP contribution in [0.3, 0.4) is 0 Å². The Hall–Kier alpha value is -2.18. The lowest BCUT2D eigenvalue weighted by Gasteiger charge is -2.07. The highest BCUT2D eigenvalue weighted by atomic mass is 35.5. The molecule has 0 bridgehead atoms. The maximum Gasteiger partial charge on any atom is 0.339 e. The SMILES string of the molecule is CS(=O)(=O)c1ccc(C2=C(c3cccc(Cl)c3)C(=O)OC2)cc1F. The number of hydrogen-bond donors (Lipinski definition) is 0. The molecular weight excluding hydrogens is 355 g/mol. The molecule has 1 heterocycles. The van der Waals surface area contributed by atoms with E-state index < -0.39 is 21.6 Å². The first-order valence-electron chi connectivity index (χ1n) is 6.93. The number of halogens is 2. The summed E-state index contributed by atoms with van der Waals surface area (Å²) < 4.78 is 42.2. The van der Waals surface area contributed by atoms with Crippen molar-refractivity contribution in [3.63, 3.8) is 0 Å². The van der Waals surface area contributed by atoms with Crippen LogP contribution in [-0.2, 0) is 19.4 Å². The second kappa shape index (κ2) is 6.03. The number of sulfone groups is 1. The van der Waals surface area contributed by atoms with Gasteiger partial charge in [0.25, 0.3) is 0 Å². The summed E-state index contributed by atoms with van der Waals surface area (Å²) in [6, 6.07) is 10.4. The summed E-state index contributed by atoms with van der Waals surface area (Å²) in [6.45, 7) is -0.0155. The number of ether oxygens (including phenoxy) is 1. The van der Waals surface area contributed by atoms with Gasteiger partial charge in [0.05, 0.1) is 5.57 Å². The van der Waals surface area contributed by atoms with Gasteiger partial charge < -0.3 is 4.74 Å². The Morgan fingerprint density at radius 3 is 2.50 bits per heavy atom. The van der Waals surface area contributed by atoms with Crippen molar-refractivity contribution < 1.29 is 22.3 Å². The van der Waals surface area contributed by atoms with Crippen LogP contribution in [0.1, 0.15) is 11.1 Å². The number of esters is 1. The van der Waals surface area contributed by atoms with Crippen molar-refractivity contribution in [1.29, 1.82) is 0 Å². The molecule has 7 heteroatoms. The van der Waals surface area contributed by atoms with Gasteiger partial charge in [-0.15, -0.1) is 0 Å². The molecule has 0 amide bonds. The normalized spacial score (nSPS) is 14.9. The Kier molecular flexibility index (Phi) is 4.19. The second-order valence-corrected chi connectivity index (χ2v) is 7.78. The van der Waals surface area contributed by atoms with E-state index >= 15 is 0 Å². The molecule has 0 N–H and O–H groups in total. The lowest BCUT2D eigenvalue weighted by molar-refractivity contribution is -0.133. The van der Waals surface area contributed by atoms with E-state index in [1.165, 1.54) is 12.1 Å². The van der Waals surface area contributed by atoms with Crippen molar-refractivity contribution in [1.82, 2.24) is 0 Å². The molecule has 2 aromatic rings. The molecule has 0 aliphatic carbocycles. The number of hydrogen-bond acceptors (Lipinski definition) is 4. The first-order chi connectivity index (χ1) is 11.3. The van der Waals surface area contributed by atoms with Gasteiger partial charge in [0, 0.05) is 16.9 Å². The van der Waals surface area contributed by atoms with Crippen molar-refractivity contribution in [3.05, 3.63) is 64.4 Å². The van der Waals surface area contributed by atoms with Crippen molar-refractivity contribution in [2.45, 2.75) is 4.90 Å². The Morgan fingerprint density at radius 1 is 1.12 bits per heavy atom. The molecule has 3 rings (SSSR count). The molecule has 0 fully saturated rings. The van der Waals surface area contributed by atoms with Gasteiger partial charge in [-0.25, -0.2) is 17.6 Å². The van der Waals surface area contributed by atoms with E-state index in [1.807, 2.05) is 0 Å². The fraction of sp³-hybridized carbons (Fsp3) is 0.118. The minimum absolute atomic E-state index is 0.0155. The molecule has 0 aromatic heterocycles. The summed E-state index contributed by atoms with van der Waals surface area (Å²) in [4.78, 5) is 11.7. The van der Waals surface area contributed by atoms with Crippen molar-refractivity contribution in [2.24, 2.45) is 0 Å². The molecule has 0 atom stereocenters. The molecule has 0 unspecified atom stereocenters. The number of carbonyl (C=O) groups excluding carboxylic acids is 1. The highest BCUT2D eigenvalue weighted by molar-refractivity contribution is 7.90. The van der Waals surface area contributed by atoms with Gasteiger partial charge in [-0.2, -0.15) is 0 Å². The third kappa shape index (κ3) is 3.07. The van der Waals surface area contributed by atoms with Crippen LogP contribution in [0.25, 0.3) is 11.1 Å². The molecule has 1 aliphatic heterocycles. The van der Waals surface area contributed by atoms with Gasteiger partial charge in [0.2, 0.25) is 0 Å². The number of rotatable bonds is 3. The van der Waals surface area contributed by atoms with Crippen LogP contribution < -0.4 is 0 Å². The molecule has 124 valence electrons. The summed E-state index contributed by atoms with van der Waals surface area (Å²) >= 11 is 5.96. The Balaban J connectivity index is 2.16. The van der Waals surface area contributed by atoms with Gasteiger partial charge in [0.15, 0.2) is 9.84 Å². The van der Waals surface area contributed by atoms with Crippen LogP contribution in [0.4, 0.5) is 4.39 Å². The number of benzene rings is 2. The number of carbonyl (C=O) groups is 1. The Morgan fingerprint density at radius 2 is 1.88 bits per heavy atom. The second-order valence-electron chi connectivity index (χ2n) is 5.36. The fourth-order valence-corrected chi connectivity index (χ4v) is 3.48. The van der Waals surface area contributed by atoms with Crippen LogP contribution in [0.5, 0.6) is 0 Å². The maximum absolute atomic E-state index is 14.1. The fourth-order valence-electron chi connectivity index (χ4n) is 2.56. The predicted molar refractivity (Wildman–Crippen MR) is 88.7 cm³/mol. The molecule has 0 saturated carbocycles. The maximum atomic E-state index is 14.1. The van der Waals surface area contributed by atoms with Crippen LogP contribution in [0, 0.1) is 5.82 Å². The zero-order chi connectivity index (χ0) is 17.5. The summed E-state index contributed by atoms with van der Waals surface area (Å²) in [7, 11) is -3.66. The van der Waals surface area contributed by atoms with Crippen LogP contribution >= 0.6 is 11.6 Å². The predicted octanol–water partition coefficient (Wildman–Crippen LogP) is 3.35. The summed E-state index contributed by atoms with van der Waals surface area (Å²) in [6.07, 6.45) is 0.934. The third-order valence-electron chi connectivity index (χ3n) is 3.65. The summed E-state index contributed by atoms with van der Waals surface area (Å²) in [5, 5.41) is 0.456. The van der Waals surface area contributed by atoms with Gasteiger partial charge in [-0.05, 0) is 35.4 Å². The van der Waals surface area contributed by atoms with E-state index in [2.05, 4.69) is 0 Å². The van der Waals surface area contributed by atoms with E-state index in [9.17, 15) is 17.6 Å². The highest BCUT2D eigenvalue weighted by Gasteiger charge is 2.28. The molecule has 2 aromatic carbocycles. The average Bonchev–Trinajstić information content (AvgIpc) is 2.87. The summed E-state index contributed by atoms with van der Waals surface area (Å²) in [5.41, 5.74) is 1.73. The Labute approximate surface area is 143 Å². The lowest BCUT2D eigenvalue weighted by atomic mass is 9.97. The number of cyclic esters (lactones) is 1. The van der Waals surface area contributed by atoms with Gasteiger partial charge >= 0.3 is 5.97 Å². The molecule has 0 spiro atoms. The molecule has 4 nitrogen and oxygen atoms in total. The van der Waals surface area contributed by atoms with E-state index in [0.717, 1.165) is 12.3 Å². The largest absolute Gasteiger partial charge is 0.457 e. The van der Waals surface area contributed by atoms with Gasteiger partial charge in [0.1, 0.15) is 17.3 Å². The van der Waals surface area contributed by atoms with E-state index in [-0.39, 0.29) is 11.5 Å². The van der Waals surface area contributed by atoms with E-state index in [1.54, 1.807) is 24.3 Å². The molecule has 0 saturated heterocycles. The van der Waals surface area contributed by atoms with E-state index in [0.29, 0.717) is 27.3 Å². The minimum atomic E-state index is -3.66. The van der Waals surface area contributed by atoms with E-state index in [4.69, 9.17) is 16.3 Å². The minimum Gasteiger partial charge on any atom is -0.457 e. The van der Waals surface area contributed by atoms with Crippen molar-refractivity contribution in [3.8, 4) is 0 Å². The molecule has 24 heavy (non-hydrogen) atoms. The summed E-state index contributed by atoms with van der Waals surface area (Å²) in [5.74, 6) is -1.40. The Bertz CT molecular complexity index is 980. The smallest absolute Gasteiger partial charge is 0.339 e. The van der Waals surface area contributed by atoms with Crippen molar-refractivity contribution in [2.75, 3.05) is 12.9 Å². The first kappa shape index (κ1) is 16.7. The van der Waals surface area contributed by atoms with Crippen LogP contribution in [0.15, 0.2) is 47.4 Å². The lowest BCUT2D eigenvalue weighted by Crippen LogP contribution is -2.02. The zero-order valence-electron chi connectivity index (χ0n) is 12.5. The molecule has 1 aliphatic rings. The first-order valence-corrected chi connectivity index (χ1v) is 9.20. The standard InChI is InChI=1S/C17H12ClFO4S/c1-24(21,22)15-6-5-10(8-14(15)19)13-9-23-17(20)16(13)11-3-2-4-12(18)7-11/h2-8H,9H2,1H3. The zero-order valence-corrected chi connectivity index (χ0v) is 14.1. The van der Waals surface area contributed by atoms with Crippen molar-refractivity contribution >= 4 is 38.6 Å². The average molecular weight is 367 g/mol. The quantitative estimate of drug-likeness (QED) is 0.781.